The maximum absolute atomic E-state index is 14.6. The predicted molar refractivity (Wildman–Crippen MR) is 443 cm³/mol. The number of carbonyl (C=O) groups excluding carboxylic acids is 11. The Labute approximate surface area is 697 Å². The van der Waals surface area contributed by atoms with Crippen molar-refractivity contribution >= 4 is 159 Å². The van der Waals surface area contributed by atoms with Crippen molar-refractivity contribution in [2.45, 2.75) is 144 Å². The summed E-state index contributed by atoms with van der Waals surface area (Å²) < 4.78 is 69.6. The second-order valence-corrected chi connectivity index (χ2v) is 35.6. The highest BCUT2D eigenvalue weighted by Crippen LogP contribution is 2.51. The topological polar surface area (TPSA) is 591 Å². The molecule has 1 aromatic carbocycles. The number of rotatable bonds is 43. The molecule has 6 heterocycles. The molecule has 5 aliphatic rings. The second kappa shape index (κ2) is 41.3. The molecule has 0 fully saturated rings. The molecule has 9 rings (SSSR count). The average molecular weight is 1740 g/mol. The van der Waals surface area contributed by atoms with E-state index in [1.807, 2.05) is 39.0 Å². The number of aromatic amines is 2. The Morgan fingerprint density at radius 2 is 1.32 bits per heavy atom. The summed E-state index contributed by atoms with van der Waals surface area (Å²) in [6.07, 6.45) is 4.78. The zero-order chi connectivity index (χ0) is 87.8. The highest BCUT2D eigenvalue weighted by atomic mass is 33.1. The molecule has 14 N–H and O–H groups in total. The van der Waals surface area contributed by atoms with Crippen molar-refractivity contribution in [3.05, 3.63) is 125 Å². The molecular weight excluding hydrogens is 1640 g/mol. The summed E-state index contributed by atoms with van der Waals surface area (Å²) in [6.45, 7) is 10.1. The molecule has 120 heavy (non-hydrogen) atoms. The van der Waals surface area contributed by atoms with Gasteiger partial charge in [-0.25, -0.2) is 14.8 Å². The van der Waals surface area contributed by atoms with Crippen LogP contribution in [0.1, 0.15) is 161 Å². The Balaban J connectivity index is 0.770. The number of Topliss-reactive ketones (excluding diaryl/α,β-unsaturated/α-hetero) is 4. The number of nitrogens with zero attached hydrogens (tertiary/aromatic N) is 5. The molecule has 0 saturated carbocycles. The summed E-state index contributed by atoms with van der Waals surface area (Å²) in [6, 6.07) is 2.52. The first-order valence-electron chi connectivity index (χ1n) is 38.8. The Hall–Kier alpha value is -11.0. The van der Waals surface area contributed by atoms with Crippen LogP contribution >= 0.6 is 21.6 Å². The Bertz CT molecular complexity index is 5310. The number of carboxylic acid groups (broad SMARTS) is 2. The standard InChI is InChI=1S/C79H96N14O23S4/c1-8-49-39(3)52-34-57-66(42(6)94)41(5)54(88-57)33-53-40(4)50(70(90-53)68-51-28-46(29-55(49)87-52)38(2)67(51)72(102)69(68)78(109)116-7)18-20-62(98)82-22-21-81-61(97)10-9-25-117-118-37-58(77(107)108)91-74(103)47(32-64(100)83-23-26-119(110,111)112)31-60(96)56(35-65(101)84-24-27-120(113,114)115)89-63(99)19-16-45(76(105)106)30-59(95)44-14-11-43(12-15-44)13-17-48-36-85-73-71(86-48)75(104)93-79(80)92-73/h11-12,14-15,29,33-34,36,39-40,45,47,49-50,56,58,69,88H,8-10,13,16-28,30-32,35,37H2,1-7H3,(H,81,97)(H,82,98)(H,83,100)(H,84,101)(H,89,99)(H,91,103)(H,105,106)(H,107,108)(H,110,111,112)(H,113,114,115)(H3,80,85,92,93,104)/t39-,40+,45-,47+,49-,50+,56+,58+,69?/m1/s1. The van der Waals surface area contributed by atoms with Crippen LogP contribution in [0, 0.1) is 48.3 Å². The first kappa shape index (κ1) is 92.9. The number of benzene rings is 1. The van der Waals surface area contributed by atoms with Crippen LogP contribution in [0.3, 0.4) is 0 Å². The molecule has 0 saturated heterocycles. The fraction of sp³-hybridized carbons (Fsp3) is 0.481. The number of nitrogens with one attached hydrogen (secondary N) is 8. The number of hydrogen-bond donors (Lipinski definition) is 13. The number of ether oxygens (including phenoxy) is 1. The summed E-state index contributed by atoms with van der Waals surface area (Å²) in [5.41, 5.74) is 14.7. The number of aromatic nitrogens is 5. The summed E-state index contributed by atoms with van der Waals surface area (Å²) in [5.74, 6) is -18.9. The Morgan fingerprint density at radius 1 is 0.692 bits per heavy atom. The lowest BCUT2D eigenvalue weighted by Gasteiger charge is -2.23. The summed E-state index contributed by atoms with van der Waals surface area (Å²) >= 11 is 0. The van der Waals surface area contributed by atoms with Crippen molar-refractivity contribution in [1.82, 2.24) is 56.8 Å². The molecule has 644 valence electrons. The summed E-state index contributed by atoms with van der Waals surface area (Å²) in [7, 11) is -5.95. The van der Waals surface area contributed by atoms with Crippen molar-refractivity contribution in [3.8, 4) is 0 Å². The minimum Gasteiger partial charge on any atom is -0.481 e. The van der Waals surface area contributed by atoms with Crippen molar-refractivity contribution in [2.24, 2.45) is 51.4 Å². The molecule has 1 unspecified atom stereocenters. The molecular formula is C79H96N14O23S4. The van der Waals surface area contributed by atoms with Gasteiger partial charge in [0.25, 0.3) is 25.8 Å². The summed E-state index contributed by atoms with van der Waals surface area (Å²) in [5, 5.41) is 34.8. The van der Waals surface area contributed by atoms with Crippen LogP contribution in [-0.2, 0) is 90.6 Å². The van der Waals surface area contributed by atoms with Gasteiger partial charge >= 0.3 is 17.9 Å². The smallest absolute Gasteiger partial charge is 0.327 e. The third-order valence-corrected chi connectivity index (χ3v) is 25.4. The van der Waals surface area contributed by atoms with Gasteiger partial charge in [0.15, 0.2) is 34.3 Å². The first-order valence-corrected chi connectivity index (χ1v) is 44.5. The maximum Gasteiger partial charge on any atom is 0.327 e. The highest BCUT2D eigenvalue weighted by molar-refractivity contribution is 8.76. The fourth-order valence-corrected chi connectivity index (χ4v) is 18.0. The van der Waals surface area contributed by atoms with Crippen molar-refractivity contribution in [3.63, 3.8) is 0 Å². The van der Waals surface area contributed by atoms with E-state index in [0.29, 0.717) is 75.6 Å². The Morgan fingerprint density at radius 3 is 1.96 bits per heavy atom. The van der Waals surface area contributed by atoms with Crippen LogP contribution in [0.5, 0.6) is 0 Å². The predicted octanol–water partition coefficient (Wildman–Crippen LogP) is 4.10. The number of H-pyrrole nitrogens is 2. The van der Waals surface area contributed by atoms with E-state index in [-0.39, 0.29) is 108 Å². The van der Waals surface area contributed by atoms with E-state index in [2.05, 4.69) is 70.7 Å². The van der Waals surface area contributed by atoms with E-state index in [0.717, 1.165) is 56.1 Å². The van der Waals surface area contributed by atoms with Gasteiger partial charge in [0.1, 0.15) is 12.0 Å². The van der Waals surface area contributed by atoms with E-state index in [1.165, 1.54) is 32.4 Å². The van der Waals surface area contributed by atoms with Crippen LogP contribution in [0.15, 0.2) is 90.6 Å². The lowest BCUT2D eigenvalue weighted by molar-refractivity contribution is -0.146. The minimum atomic E-state index is -4.63. The van der Waals surface area contributed by atoms with E-state index in [9.17, 15) is 103 Å². The fourth-order valence-electron chi connectivity index (χ4n) is 15.0. The molecule has 8 bridgehead atoms. The number of allylic oxidation sites excluding steroid dienone is 7. The number of aliphatic imine (C=N–C) groups is 2. The molecule has 6 amide bonds. The normalized spacial score (nSPS) is 18.4. The highest BCUT2D eigenvalue weighted by Gasteiger charge is 2.51. The number of methoxy groups -OCH3 is 1. The third kappa shape index (κ3) is 24.6. The molecule has 37 nitrogen and oxygen atoms in total. The number of aliphatic carboxylic acids is 2. The van der Waals surface area contributed by atoms with E-state index >= 15 is 0 Å². The van der Waals surface area contributed by atoms with E-state index < -0.39 is 184 Å². The number of esters is 1. The van der Waals surface area contributed by atoms with Gasteiger partial charge in [0, 0.05) is 151 Å². The molecule has 0 radical (unpaired) electrons. The number of ketones is 4. The van der Waals surface area contributed by atoms with Gasteiger partial charge in [-0.05, 0) is 112 Å². The van der Waals surface area contributed by atoms with Gasteiger partial charge in [0.05, 0.1) is 60.5 Å². The van der Waals surface area contributed by atoms with Crippen molar-refractivity contribution in [2.75, 3.05) is 62.0 Å². The number of nitrogen functional groups attached to an aromatic ring is 1. The average Bonchev–Trinajstić information content (AvgIpc) is 1.56. The van der Waals surface area contributed by atoms with Crippen LogP contribution in [-0.4, -0.2) is 217 Å². The number of fused-ring (bicyclic) bond motifs is 7. The minimum absolute atomic E-state index is 0.00403. The molecule has 2 aliphatic carbocycles. The van der Waals surface area contributed by atoms with Gasteiger partial charge in [-0.3, -0.25) is 86.4 Å². The molecule has 41 heteroatoms. The number of amides is 6. The van der Waals surface area contributed by atoms with Crippen LogP contribution < -0.4 is 43.2 Å². The van der Waals surface area contributed by atoms with Crippen molar-refractivity contribution in [1.29, 1.82) is 0 Å². The number of nitrogens with two attached hydrogens (primary N) is 1. The monoisotopic (exact) mass is 1740 g/mol. The molecule has 0 spiro atoms. The van der Waals surface area contributed by atoms with Gasteiger partial charge in [-0.15, -0.1) is 0 Å². The number of carboxylic acids is 2. The van der Waals surface area contributed by atoms with Gasteiger partial charge in [-0.1, -0.05) is 66.6 Å². The largest absolute Gasteiger partial charge is 0.481 e. The SMILES string of the molecule is CC[C@H]1C2=NC(=Cc3[nH]c(c(C)c3C(C)=O)C=C3N=C(C4=C5CC(=C2)C(C)=C5C(=O)C4C(=O)OC)[C@@H](CCC(=O)NCCNC(=O)CCCSSC[C@H](NC(=O)[C@H](CC(=O)NCCS(=O)(=O)O)CC(=O)[C@H](CC(=O)NCCS(=O)(=O)O)NC(=O)CC[C@H](CC(=O)c2ccc(CCc4cnc5nc(N)[nH]c(=O)c5n4)cc2)C(=O)O)C(=O)O)[C@@H]3C)[C@@H]1C. The molecule has 4 aromatic rings. The number of carbonyl (C=O) groups is 13. The van der Waals surface area contributed by atoms with Gasteiger partial charge < -0.3 is 57.6 Å². The number of aryl methyl sites for hydroxylation is 2. The van der Waals surface area contributed by atoms with E-state index in [4.69, 9.17) is 20.5 Å². The quantitative estimate of drug-likeness (QED) is 0.00741. The summed E-state index contributed by atoms with van der Waals surface area (Å²) in [4.78, 5) is 216. The van der Waals surface area contributed by atoms with Gasteiger partial charge in [0.2, 0.25) is 41.4 Å². The second-order valence-electron chi connectivity index (χ2n) is 29.8. The van der Waals surface area contributed by atoms with Crippen LogP contribution in [0.25, 0.3) is 23.3 Å². The molecule has 3 aromatic heterocycles. The maximum atomic E-state index is 14.6. The lowest BCUT2D eigenvalue weighted by atomic mass is 9.80. The molecule has 9 atom stereocenters. The number of hydrogen-bond acceptors (Lipinski definition) is 27. The van der Waals surface area contributed by atoms with Crippen LogP contribution in [0.4, 0.5) is 5.95 Å². The lowest BCUT2D eigenvalue weighted by Crippen LogP contribution is -2.49. The zero-order valence-electron chi connectivity index (χ0n) is 66.9. The van der Waals surface area contributed by atoms with E-state index in [1.54, 1.807) is 12.1 Å². The third-order valence-electron chi connectivity index (χ3n) is 21.4. The number of anilines is 1. The molecule has 3 aliphatic heterocycles. The first-order chi connectivity index (χ1) is 56.7. The zero-order valence-corrected chi connectivity index (χ0v) is 70.1. The van der Waals surface area contributed by atoms with Crippen molar-refractivity contribution < 1.29 is 103 Å². The van der Waals surface area contributed by atoms with Crippen LogP contribution in [0.2, 0.25) is 0 Å². The Kier molecular flexibility index (Phi) is 32.0. The van der Waals surface area contributed by atoms with Gasteiger partial charge in [-0.2, -0.15) is 21.8 Å².